The van der Waals surface area contributed by atoms with Crippen molar-refractivity contribution in [1.29, 1.82) is 0 Å². The number of thiophene rings is 1. The SMILES string of the molecule is CC/C(=C/C(=O)OC)c1cccs1. The number of esters is 1. The molecule has 0 spiro atoms. The molecule has 1 aromatic rings. The van der Waals surface area contributed by atoms with Crippen LogP contribution >= 0.6 is 11.3 Å². The van der Waals surface area contributed by atoms with Crippen LogP contribution in [0.1, 0.15) is 18.2 Å². The Bertz CT molecular complexity index is 299. The van der Waals surface area contributed by atoms with Crippen LogP contribution in [0.15, 0.2) is 23.6 Å². The maximum atomic E-state index is 11.0. The fourth-order valence-electron chi connectivity index (χ4n) is 1.01. The van der Waals surface area contributed by atoms with E-state index in [1.807, 2.05) is 24.4 Å². The lowest BCUT2D eigenvalue weighted by Gasteiger charge is -1.99. The molecule has 0 aliphatic rings. The second-order valence-electron chi connectivity index (χ2n) is 2.52. The summed E-state index contributed by atoms with van der Waals surface area (Å²) in [5, 5.41) is 2.00. The van der Waals surface area contributed by atoms with E-state index in [1.165, 1.54) is 7.11 Å². The molecular formula is C10H12O2S. The van der Waals surface area contributed by atoms with Crippen molar-refractivity contribution < 1.29 is 9.53 Å². The lowest BCUT2D eigenvalue weighted by Crippen LogP contribution is -1.95. The van der Waals surface area contributed by atoms with Crippen LogP contribution in [0, 0.1) is 0 Å². The molecule has 0 unspecified atom stereocenters. The Labute approximate surface area is 81.8 Å². The molecule has 1 rings (SSSR count). The molecular weight excluding hydrogens is 184 g/mol. The van der Waals surface area contributed by atoms with Crippen LogP contribution in [0.3, 0.4) is 0 Å². The topological polar surface area (TPSA) is 26.3 Å². The first-order valence-electron chi connectivity index (χ1n) is 4.10. The second kappa shape index (κ2) is 4.82. The highest BCUT2D eigenvalue weighted by atomic mass is 32.1. The number of rotatable bonds is 3. The number of allylic oxidation sites excluding steroid dienone is 1. The zero-order chi connectivity index (χ0) is 9.68. The molecule has 3 heteroatoms. The lowest BCUT2D eigenvalue weighted by molar-refractivity contribution is -0.134. The molecule has 0 aromatic carbocycles. The van der Waals surface area contributed by atoms with Crippen LogP contribution in [0.25, 0.3) is 5.57 Å². The Kier molecular flexibility index (Phi) is 3.71. The Balaban J connectivity index is 2.85. The van der Waals surface area contributed by atoms with Crippen LogP contribution in [-0.2, 0) is 9.53 Å². The van der Waals surface area contributed by atoms with Crippen molar-refractivity contribution in [3.8, 4) is 0 Å². The number of hydrogen-bond acceptors (Lipinski definition) is 3. The number of methoxy groups -OCH3 is 1. The van der Waals surface area contributed by atoms with E-state index in [0.717, 1.165) is 16.9 Å². The largest absolute Gasteiger partial charge is 0.466 e. The molecule has 0 aliphatic heterocycles. The van der Waals surface area contributed by atoms with Gasteiger partial charge in [0.15, 0.2) is 0 Å². The van der Waals surface area contributed by atoms with E-state index in [-0.39, 0.29) is 5.97 Å². The van der Waals surface area contributed by atoms with Crippen LogP contribution in [0.2, 0.25) is 0 Å². The van der Waals surface area contributed by atoms with Crippen molar-refractivity contribution in [1.82, 2.24) is 0 Å². The molecule has 0 N–H and O–H groups in total. The summed E-state index contributed by atoms with van der Waals surface area (Å²) in [4.78, 5) is 12.1. The number of ether oxygens (including phenoxy) is 1. The van der Waals surface area contributed by atoms with E-state index in [9.17, 15) is 4.79 Å². The zero-order valence-corrected chi connectivity index (χ0v) is 8.56. The Morgan fingerprint density at radius 2 is 2.46 bits per heavy atom. The molecule has 1 heterocycles. The molecule has 0 saturated carbocycles. The summed E-state index contributed by atoms with van der Waals surface area (Å²) in [6, 6.07) is 3.98. The number of hydrogen-bond donors (Lipinski definition) is 0. The number of carbonyl (C=O) groups excluding carboxylic acids is 1. The molecule has 70 valence electrons. The highest BCUT2D eigenvalue weighted by Crippen LogP contribution is 2.22. The standard InChI is InChI=1S/C10H12O2S/c1-3-8(7-10(11)12-2)9-5-4-6-13-9/h4-7H,3H2,1-2H3/b8-7-. The predicted octanol–water partition coefficient (Wildman–Crippen LogP) is 2.71. The second-order valence-corrected chi connectivity index (χ2v) is 3.47. The fourth-order valence-corrected chi connectivity index (χ4v) is 1.83. The third-order valence-electron chi connectivity index (χ3n) is 1.71. The van der Waals surface area contributed by atoms with Crippen molar-refractivity contribution in [3.63, 3.8) is 0 Å². The van der Waals surface area contributed by atoms with Gasteiger partial charge in [0.2, 0.25) is 0 Å². The highest BCUT2D eigenvalue weighted by Gasteiger charge is 2.03. The third-order valence-corrected chi connectivity index (χ3v) is 2.66. The van der Waals surface area contributed by atoms with E-state index in [2.05, 4.69) is 4.74 Å². The van der Waals surface area contributed by atoms with Gasteiger partial charge in [-0.1, -0.05) is 13.0 Å². The van der Waals surface area contributed by atoms with E-state index in [0.29, 0.717) is 0 Å². The molecule has 0 atom stereocenters. The molecule has 0 aliphatic carbocycles. The summed E-state index contributed by atoms with van der Waals surface area (Å²) in [6.45, 7) is 2.02. The van der Waals surface area contributed by atoms with E-state index in [4.69, 9.17) is 0 Å². The first kappa shape index (κ1) is 9.99. The van der Waals surface area contributed by atoms with Gasteiger partial charge in [-0.15, -0.1) is 11.3 Å². The average molecular weight is 196 g/mol. The summed E-state index contributed by atoms with van der Waals surface area (Å²) in [7, 11) is 1.39. The van der Waals surface area contributed by atoms with E-state index in [1.54, 1.807) is 17.4 Å². The minimum atomic E-state index is -0.287. The van der Waals surface area contributed by atoms with E-state index < -0.39 is 0 Å². The summed E-state index contributed by atoms with van der Waals surface area (Å²) >= 11 is 1.63. The lowest BCUT2D eigenvalue weighted by atomic mass is 10.1. The minimum Gasteiger partial charge on any atom is -0.466 e. The smallest absolute Gasteiger partial charge is 0.330 e. The van der Waals surface area contributed by atoms with Gasteiger partial charge in [0.25, 0.3) is 0 Å². The average Bonchev–Trinajstić information content (AvgIpc) is 2.66. The van der Waals surface area contributed by atoms with Gasteiger partial charge in [0.05, 0.1) is 7.11 Å². The summed E-state index contributed by atoms with van der Waals surface area (Å²) in [6.07, 6.45) is 2.39. The Hall–Kier alpha value is -1.09. The van der Waals surface area contributed by atoms with Crippen molar-refractivity contribution in [2.24, 2.45) is 0 Å². The van der Waals surface area contributed by atoms with Gasteiger partial charge in [0, 0.05) is 11.0 Å². The first-order chi connectivity index (χ1) is 6.27. The molecule has 0 bridgehead atoms. The van der Waals surface area contributed by atoms with Crippen LogP contribution < -0.4 is 0 Å². The van der Waals surface area contributed by atoms with Crippen molar-refractivity contribution in [3.05, 3.63) is 28.5 Å². The van der Waals surface area contributed by atoms with E-state index >= 15 is 0 Å². The molecule has 2 nitrogen and oxygen atoms in total. The molecule has 0 amide bonds. The minimum absolute atomic E-state index is 0.287. The molecule has 0 saturated heterocycles. The molecule has 1 aromatic heterocycles. The molecule has 0 fully saturated rings. The van der Waals surface area contributed by atoms with Gasteiger partial charge >= 0.3 is 5.97 Å². The third kappa shape index (κ3) is 2.70. The summed E-state index contributed by atoms with van der Waals surface area (Å²) < 4.78 is 4.57. The van der Waals surface area contributed by atoms with Gasteiger partial charge in [-0.3, -0.25) is 0 Å². The van der Waals surface area contributed by atoms with Crippen LogP contribution in [-0.4, -0.2) is 13.1 Å². The van der Waals surface area contributed by atoms with Crippen molar-refractivity contribution in [2.45, 2.75) is 13.3 Å². The van der Waals surface area contributed by atoms with Gasteiger partial charge in [-0.25, -0.2) is 4.79 Å². The maximum Gasteiger partial charge on any atom is 0.330 e. The van der Waals surface area contributed by atoms with Crippen molar-refractivity contribution in [2.75, 3.05) is 7.11 Å². The highest BCUT2D eigenvalue weighted by molar-refractivity contribution is 7.11. The number of carbonyl (C=O) groups is 1. The van der Waals surface area contributed by atoms with Crippen molar-refractivity contribution >= 4 is 22.9 Å². The monoisotopic (exact) mass is 196 g/mol. The van der Waals surface area contributed by atoms with Gasteiger partial charge in [-0.05, 0) is 23.4 Å². The maximum absolute atomic E-state index is 11.0. The van der Waals surface area contributed by atoms with Crippen LogP contribution in [0.4, 0.5) is 0 Å². The quantitative estimate of drug-likeness (QED) is 0.549. The summed E-state index contributed by atoms with van der Waals surface area (Å²) in [5.41, 5.74) is 1.03. The fraction of sp³-hybridized carbons (Fsp3) is 0.300. The molecule has 13 heavy (non-hydrogen) atoms. The Morgan fingerprint density at radius 1 is 1.69 bits per heavy atom. The molecule has 0 radical (unpaired) electrons. The van der Waals surface area contributed by atoms with Gasteiger partial charge < -0.3 is 4.74 Å². The van der Waals surface area contributed by atoms with Crippen LogP contribution in [0.5, 0.6) is 0 Å². The summed E-state index contributed by atoms with van der Waals surface area (Å²) in [5.74, 6) is -0.287. The van der Waals surface area contributed by atoms with Gasteiger partial charge in [0.1, 0.15) is 0 Å². The predicted molar refractivity (Wildman–Crippen MR) is 54.6 cm³/mol. The normalized spacial score (nSPS) is 11.4. The first-order valence-corrected chi connectivity index (χ1v) is 4.98. The van der Waals surface area contributed by atoms with Gasteiger partial charge in [-0.2, -0.15) is 0 Å². The zero-order valence-electron chi connectivity index (χ0n) is 7.74. The Morgan fingerprint density at radius 3 is 2.92 bits per heavy atom.